The molecule has 0 bridgehead atoms. The number of carbonyl (C=O) groups is 3. The topological polar surface area (TPSA) is 66.9 Å². The number of methoxy groups -OCH3 is 1. The number of hydrogen-bond acceptors (Lipinski definition) is 4. The summed E-state index contributed by atoms with van der Waals surface area (Å²) in [7, 11) is 1.31. The van der Waals surface area contributed by atoms with Crippen LogP contribution in [0.4, 0.5) is 0 Å². The van der Waals surface area contributed by atoms with E-state index in [1.54, 1.807) is 9.80 Å². The third kappa shape index (κ3) is 4.51. The molecular formula is C14H24N2O4. The lowest BCUT2D eigenvalue weighted by molar-refractivity contribution is -0.146. The number of hydrogen-bond donors (Lipinski definition) is 0. The molecule has 0 aliphatic carbocycles. The Labute approximate surface area is 120 Å². The van der Waals surface area contributed by atoms with Crippen LogP contribution in [0.15, 0.2) is 0 Å². The van der Waals surface area contributed by atoms with Crippen LogP contribution < -0.4 is 0 Å². The Kier molecular flexibility index (Phi) is 5.53. The fourth-order valence-electron chi connectivity index (χ4n) is 2.10. The van der Waals surface area contributed by atoms with Crippen LogP contribution in [-0.2, 0) is 19.1 Å². The summed E-state index contributed by atoms with van der Waals surface area (Å²) in [5, 5.41) is 0. The van der Waals surface area contributed by atoms with Crippen LogP contribution in [0.3, 0.4) is 0 Å². The van der Waals surface area contributed by atoms with Crippen molar-refractivity contribution in [2.75, 3.05) is 33.3 Å². The summed E-state index contributed by atoms with van der Waals surface area (Å²) in [5.74, 6) is -0.322. The summed E-state index contributed by atoms with van der Waals surface area (Å²) in [6, 6.07) is 0. The number of piperazine rings is 1. The number of rotatable bonds is 3. The van der Waals surface area contributed by atoms with Gasteiger partial charge in [-0.25, -0.2) is 0 Å². The summed E-state index contributed by atoms with van der Waals surface area (Å²) in [5.41, 5.74) is -0.392. The van der Waals surface area contributed by atoms with Gasteiger partial charge >= 0.3 is 5.97 Å². The zero-order valence-electron chi connectivity index (χ0n) is 12.8. The van der Waals surface area contributed by atoms with Gasteiger partial charge in [0.25, 0.3) is 0 Å². The van der Waals surface area contributed by atoms with Crippen LogP contribution in [-0.4, -0.2) is 60.9 Å². The third-order valence-corrected chi connectivity index (χ3v) is 3.33. The fraction of sp³-hybridized carbons (Fsp3) is 0.786. The van der Waals surface area contributed by atoms with E-state index in [9.17, 15) is 14.4 Å². The Morgan fingerprint density at radius 1 is 0.950 bits per heavy atom. The van der Waals surface area contributed by atoms with Gasteiger partial charge in [0, 0.05) is 38.0 Å². The molecule has 0 spiro atoms. The van der Waals surface area contributed by atoms with Gasteiger partial charge in [0.1, 0.15) is 0 Å². The van der Waals surface area contributed by atoms with Crippen LogP contribution in [0.5, 0.6) is 0 Å². The second kappa shape index (κ2) is 6.72. The van der Waals surface area contributed by atoms with E-state index in [1.165, 1.54) is 7.11 Å². The molecule has 1 fully saturated rings. The first-order valence-corrected chi connectivity index (χ1v) is 6.89. The Morgan fingerprint density at radius 2 is 1.45 bits per heavy atom. The van der Waals surface area contributed by atoms with Crippen molar-refractivity contribution in [3.05, 3.63) is 0 Å². The lowest BCUT2D eigenvalue weighted by atomic mass is 9.94. The van der Waals surface area contributed by atoms with Gasteiger partial charge in [-0.2, -0.15) is 0 Å². The Balaban J connectivity index is 2.40. The first kappa shape index (κ1) is 16.5. The molecule has 1 rings (SSSR count). The van der Waals surface area contributed by atoms with Crippen molar-refractivity contribution in [2.24, 2.45) is 5.41 Å². The highest BCUT2D eigenvalue weighted by Gasteiger charge is 2.30. The molecule has 1 aliphatic heterocycles. The van der Waals surface area contributed by atoms with Crippen molar-refractivity contribution in [3.63, 3.8) is 0 Å². The molecular weight excluding hydrogens is 260 g/mol. The van der Waals surface area contributed by atoms with E-state index in [-0.39, 0.29) is 30.6 Å². The average Bonchev–Trinajstić information content (AvgIpc) is 2.42. The molecule has 0 aromatic heterocycles. The van der Waals surface area contributed by atoms with Gasteiger partial charge in [-0.05, 0) is 0 Å². The molecule has 6 heteroatoms. The Morgan fingerprint density at radius 3 is 1.90 bits per heavy atom. The molecule has 0 radical (unpaired) electrons. The molecule has 0 aromatic rings. The number of carbonyl (C=O) groups excluding carboxylic acids is 3. The average molecular weight is 284 g/mol. The van der Waals surface area contributed by atoms with Crippen LogP contribution in [0, 0.1) is 5.41 Å². The second-order valence-electron chi connectivity index (χ2n) is 6.00. The normalized spacial score (nSPS) is 16.0. The first-order valence-electron chi connectivity index (χ1n) is 6.89. The number of esters is 1. The van der Waals surface area contributed by atoms with E-state index in [0.29, 0.717) is 26.2 Å². The van der Waals surface area contributed by atoms with E-state index in [0.717, 1.165) is 0 Å². The number of nitrogens with zero attached hydrogens (tertiary/aromatic N) is 2. The predicted octanol–water partition coefficient (Wildman–Crippen LogP) is 0.656. The van der Waals surface area contributed by atoms with E-state index in [1.807, 2.05) is 20.8 Å². The quantitative estimate of drug-likeness (QED) is 0.714. The van der Waals surface area contributed by atoms with Gasteiger partial charge in [-0.15, -0.1) is 0 Å². The van der Waals surface area contributed by atoms with Crippen LogP contribution in [0.25, 0.3) is 0 Å². The van der Waals surface area contributed by atoms with Crippen molar-refractivity contribution in [2.45, 2.75) is 33.6 Å². The third-order valence-electron chi connectivity index (χ3n) is 3.33. The van der Waals surface area contributed by atoms with Crippen molar-refractivity contribution in [1.29, 1.82) is 0 Å². The van der Waals surface area contributed by atoms with E-state index in [4.69, 9.17) is 0 Å². The summed E-state index contributed by atoms with van der Waals surface area (Å²) >= 11 is 0. The lowest BCUT2D eigenvalue weighted by Gasteiger charge is -2.37. The Bertz CT molecular complexity index is 379. The van der Waals surface area contributed by atoms with Gasteiger partial charge in [0.2, 0.25) is 11.8 Å². The molecule has 1 heterocycles. The molecule has 0 unspecified atom stereocenters. The number of amides is 2. The molecule has 0 aromatic carbocycles. The van der Waals surface area contributed by atoms with E-state index >= 15 is 0 Å². The summed E-state index contributed by atoms with van der Waals surface area (Å²) < 4.78 is 4.51. The van der Waals surface area contributed by atoms with Crippen molar-refractivity contribution in [3.8, 4) is 0 Å². The second-order valence-corrected chi connectivity index (χ2v) is 6.00. The minimum absolute atomic E-state index is 0.0572. The molecule has 6 nitrogen and oxygen atoms in total. The standard InChI is InChI=1S/C14H24N2O4/c1-14(2,3)13(19)16-9-7-15(8-10-16)11(17)5-6-12(18)20-4/h5-10H2,1-4H3. The molecule has 20 heavy (non-hydrogen) atoms. The van der Waals surface area contributed by atoms with Crippen molar-refractivity contribution >= 4 is 17.8 Å². The fourth-order valence-corrected chi connectivity index (χ4v) is 2.10. The summed E-state index contributed by atoms with van der Waals surface area (Å²) in [4.78, 5) is 38.5. The molecule has 0 atom stereocenters. The number of ether oxygens (including phenoxy) is 1. The van der Waals surface area contributed by atoms with E-state index in [2.05, 4.69) is 4.74 Å². The maximum absolute atomic E-state index is 12.1. The van der Waals surface area contributed by atoms with Crippen molar-refractivity contribution < 1.29 is 19.1 Å². The highest BCUT2D eigenvalue weighted by atomic mass is 16.5. The molecule has 0 saturated carbocycles. The van der Waals surface area contributed by atoms with Gasteiger partial charge in [-0.1, -0.05) is 20.8 Å². The van der Waals surface area contributed by atoms with Crippen LogP contribution >= 0.6 is 0 Å². The monoisotopic (exact) mass is 284 g/mol. The predicted molar refractivity (Wildman–Crippen MR) is 73.9 cm³/mol. The zero-order valence-corrected chi connectivity index (χ0v) is 12.8. The highest BCUT2D eigenvalue weighted by Crippen LogP contribution is 2.18. The molecule has 0 N–H and O–H groups in total. The summed E-state index contributed by atoms with van der Waals surface area (Å²) in [6.07, 6.45) is 0.274. The zero-order chi connectivity index (χ0) is 15.3. The molecule has 1 saturated heterocycles. The summed E-state index contributed by atoms with van der Waals surface area (Å²) in [6.45, 7) is 7.85. The first-order chi connectivity index (χ1) is 9.25. The van der Waals surface area contributed by atoms with Crippen LogP contribution in [0.1, 0.15) is 33.6 Å². The van der Waals surface area contributed by atoms with Gasteiger partial charge < -0.3 is 14.5 Å². The van der Waals surface area contributed by atoms with E-state index < -0.39 is 5.41 Å². The SMILES string of the molecule is COC(=O)CCC(=O)N1CCN(C(=O)C(C)(C)C)CC1. The van der Waals surface area contributed by atoms with Crippen LogP contribution in [0.2, 0.25) is 0 Å². The Hall–Kier alpha value is -1.59. The molecule has 114 valence electrons. The maximum Gasteiger partial charge on any atom is 0.306 e. The molecule has 2 amide bonds. The van der Waals surface area contributed by atoms with Crippen molar-refractivity contribution in [1.82, 2.24) is 9.80 Å². The van der Waals surface area contributed by atoms with Gasteiger partial charge in [0.15, 0.2) is 0 Å². The van der Waals surface area contributed by atoms with Gasteiger partial charge in [-0.3, -0.25) is 14.4 Å². The smallest absolute Gasteiger partial charge is 0.306 e. The maximum atomic E-state index is 12.1. The highest BCUT2D eigenvalue weighted by molar-refractivity contribution is 5.83. The minimum atomic E-state index is -0.392. The molecule has 1 aliphatic rings. The minimum Gasteiger partial charge on any atom is -0.469 e. The largest absolute Gasteiger partial charge is 0.469 e. The van der Waals surface area contributed by atoms with Gasteiger partial charge in [0.05, 0.1) is 13.5 Å². The lowest BCUT2D eigenvalue weighted by Crippen LogP contribution is -2.53.